The number of ether oxygens (including phenoxy) is 2. The van der Waals surface area contributed by atoms with Gasteiger partial charge in [0.15, 0.2) is 6.10 Å². The van der Waals surface area contributed by atoms with Crippen molar-refractivity contribution in [3.05, 3.63) is 83.4 Å². The number of nitrogens with one attached hydrogen (secondary N) is 1. The normalized spacial score (nSPS) is 15.2. The molecule has 1 unspecified atom stereocenters. The molecule has 0 fully saturated rings. The molecule has 0 radical (unpaired) electrons. The summed E-state index contributed by atoms with van der Waals surface area (Å²) in [7, 11) is -3.89. The Hall–Kier alpha value is -3.52. The fourth-order valence-corrected chi connectivity index (χ4v) is 5.32. The molecule has 0 spiro atoms. The van der Waals surface area contributed by atoms with Crippen LogP contribution < -0.4 is 19.1 Å². The lowest BCUT2D eigenvalue weighted by Gasteiger charge is -2.35. The number of rotatable bonds is 8. The van der Waals surface area contributed by atoms with Crippen molar-refractivity contribution < 1.29 is 22.7 Å². The highest BCUT2D eigenvalue weighted by Crippen LogP contribution is 2.37. The minimum Gasteiger partial charge on any atom is -0.492 e. The van der Waals surface area contributed by atoms with Crippen LogP contribution in [0.5, 0.6) is 11.5 Å². The lowest BCUT2D eigenvalue weighted by molar-refractivity contribution is -0.127. The van der Waals surface area contributed by atoms with Gasteiger partial charge in [-0.3, -0.25) is 9.10 Å². The van der Waals surface area contributed by atoms with Crippen molar-refractivity contribution in [3.63, 3.8) is 0 Å². The smallest absolute Gasteiger partial charge is 0.264 e. The highest BCUT2D eigenvalue weighted by Gasteiger charge is 2.37. The fourth-order valence-electron chi connectivity index (χ4n) is 3.84. The zero-order valence-electron chi connectivity index (χ0n) is 20.2. The van der Waals surface area contributed by atoms with Crippen LogP contribution in [0.2, 0.25) is 0 Å². The van der Waals surface area contributed by atoms with Gasteiger partial charge in [0.25, 0.3) is 15.9 Å². The number of hydrogen-bond acceptors (Lipinski definition) is 5. The van der Waals surface area contributed by atoms with Gasteiger partial charge in [-0.15, -0.1) is 0 Å². The van der Waals surface area contributed by atoms with E-state index < -0.39 is 22.0 Å². The van der Waals surface area contributed by atoms with Crippen molar-refractivity contribution in [2.75, 3.05) is 24.0 Å². The number of benzene rings is 3. The summed E-state index contributed by atoms with van der Waals surface area (Å²) in [5, 5.41) is 2.80. The molecule has 7 nitrogen and oxygen atoms in total. The average molecular weight is 495 g/mol. The van der Waals surface area contributed by atoms with Crippen molar-refractivity contribution in [2.45, 2.75) is 38.2 Å². The second-order valence-corrected chi connectivity index (χ2v) is 10.4. The van der Waals surface area contributed by atoms with E-state index in [4.69, 9.17) is 9.47 Å². The van der Waals surface area contributed by atoms with Crippen LogP contribution in [0.4, 0.5) is 5.69 Å². The molecule has 0 bridgehead atoms. The fraction of sp³-hybridized carbons (Fsp3) is 0.296. The third-order valence-corrected chi connectivity index (χ3v) is 7.68. The van der Waals surface area contributed by atoms with Gasteiger partial charge in [0.1, 0.15) is 18.1 Å². The molecule has 4 rings (SSSR count). The molecule has 0 aromatic heterocycles. The molecule has 1 aliphatic heterocycles. The monoisotopic (exact) mass is 494 g/mol. The molecule has 0 aliphatic carbocycles. The largest absolute Gasteiger partial charge is 0.492 e. The summed E-state index contributed by atoms with van der Waals surface area (Å²) in [6.45, 7) is 6.29. The molecule has 0 saturated heterocycles. The Kier molecular flexibility index (Phi) is 7.31. The van der Waals surface area contributed by atoms with Crippen molar-refractivity contribution >= 4 is 21.6 Å². The van der Waals surface area contributed by atoms with Crippen LogP contribution in [-0.2, 0) is 21.2 Å². The summed E-state index contributed by atoms with van der Waals surface area (Å²) in [6.07, 6.45) is -0.0369. The van der Waals surface area contributed by atoms with Crippen LogP contribution in [0.1, 0.15) is 23.6 Å². The Balaban J connectivity index is 1.46. The number of hydrogen-bond donors (Lipinski definition) is 1. The van der Waals surface area contributed by atoms with Gasteiger partial charge in [0.05, 0.1) is 23.7 Å². The van der Waals surface area contributed by atoms with Gasteiger partial charge >= 0.3 is 0 Å². The van der Waals surface area contributed by atoms with Gasteiger partial charge in [-0.1, -0.05) is 42.8 Å². The van der Waals surface area contributed by atoms with E-state index in [9.17, 15) is 13.2 Å². The lowest BCUT2D eigenvalue weighted by atomic mass is 10.1. The molecule has 1 N–H and O–H groups in total. The number of anilines is 1. The Morgan fingerprint density at radius 3 is 2.40 bits per heavy atom. The molecule has 35 heavy (non-hydrogen) atoms. The van der Waals surface area contributed by atoms with E-state index in [-0.39, 0.29) is 24.6 Å². The molecule has 1 amide bonds. The minimum atomic E-state index is -3.89. The zero-order chi connectivity index (χ0) is 25.0. The van der Waals surface area contributed by atoms with Crippen LogP contribution in [0, 0.1) is 13.8 Å². The van der Waals surface area contributed by atoms with Crippen LogP contribution in [0.15, 0.2) is 71.6 Å². The first kappa shape index (κ1) is 24.6. The number of aryl methyl sites for hydroxylation is 3. The van der Waals surface area contributed by atoms with Crippen molar-refractivity contribution in [1.82, 2.24) is 5.32 Å². The van der Waals surface area contributed by atoms with Crippen LogP contribution >= 0.6 is 0 Å². The number of nitrogens with zero attached hydrogens (tertiary/aromatic N) is 1. The molecule has 1 atom stereocenters. The van der Waals surface area contributed by atoms with E-state index in [1.54, 1.807) is 36.4 Å². The molecular formula is C27H30N2O5S. The van der Waals surface area contributed by atoms with Crippen molar-refractivity contribution in [3.8, 4) is 11.5 Å². The van der Waals surface area contributed by atoms with Crippen molar-refractivity contribution in [2.24, 2.45) is 0 Å². The van der Waals surface area contributed by atoms with Gasteiger partial charge in [0, 0.05) is 0 Å². The number of sulfonamides is 1. The second-order valence-electron chi connectivity index (χ2n) is 8.56. The van der Waals surface area contributed by atoms with E-state index in [0.29, 0.717) is 11.4 Å². The first-order valence-corrected chi connectivity index (χ1v) is 13.1. The average Bonchev–Trinajstić information content (AvgIpc) is 2.86. The summed E-state index contributed by atoms with van der Waals surface area (Å²) in [4.78, 5) is 13.1. The number of fused-ring (bicyclic) bond motifs is 1. The Labute approximate surface area is 206 Å². The van der Waals surface area contributed by atoms with E-state index in [0.717, 1.165) is 23.3 Å². The maximum absolute atomic E-state index is 13.5. The zero-order valence-corrected chi connectivity index (χ0v) is 21.0. The summed E-state index contributed by atoms with van der Waals surface area (Å²) in [6, 6.07) is 19.8. The molecule has 184 valence electrons. The van der Waals surface area contributed by atoms with E-state index in [2.05, 4.69) is 12.2 Å². The predicted octanol–water partition coefficient (Wildman–Crippen LogP) is 4.02. The van der Waals surface area contributed by atoms with Gasteiger partial charge in [-0.25, -0.2) is 8.42 Å². The molecule has 1 heterocycles. The number of carbonyl (C=O) groups excluding carboxylic acids is 1. The summed E-state index contributed by atoms with van der Waals surface area (Å²) < 4.78 is 39.9. The Bertz CT molecular complexity index is 1290. The van der Waals surface area contributed by atoms with Crippen LogP contribution in [0.25, 0.3) is 0 Å². The van der Waals surface area contributed by atoms with E-state index >= 15 is 0 Å². The molecule has 1 aliphatic rings. The molecular weight excluding hydrogens is 464 g/mol. The SMILES string of the molecule is CCc1ccc(OCCNC(=O)C2CN(S(=O)(=O)c3ccc(C)cc3)c3ccc(C)cc3O2)cc1. The minimum absolute atomic E-state index is 0.128. The molecule has 8 heteroatoms. The summed E-state index contributed by atoms with van der Waals surface area (Å²) in [5.41, 5.74) is 3.50. The highest BCUT2D eigenvalue weighted by molar-refractivity contribution is 7.92. The lowest BCUT2D eigenvalue weighted by Crippen LogP contribution is -2.51. The van der Waals surface area contributed by atoms with E-state index in [1.165, 1.54) is 9.87 Å². The maximum atomic E-state index is 13.5. The maximum Gasteiger partial charge on any atom is 0.264 e. The quantitative estimate of drug-likeness (QED) is 0.478. The van der Waals surface area contributed by atoms with Crippen molar-refractivity contribution in [1.29, 1.82) is 0 Å². The van der Waals surface area contributed by atoms with Crippen LogP contribution in [0.3, 0.4) is 0 Å². The number of amides is 1. The Morgan fingerprint density at radius 1 is 1.03 bits per heavy atom. The van der Waals surface area contributed by atoms with Crippen LogP contribution in [-0.4, -0.2) is 40.1 Å². The predicted molar refractivity (Wildman–Crippen MR) is 136 cm³/mol. The van der Waals surface area contributed by atoms with Gasteiger partial charge in [-0.2, -0.15) is 0 Å². The van der Waals surface area contributed by atoms with Gasteiger partial charge < -0.3 is 14.8 Å². The second kappa shape index (κ2) is 10.4. The first-order chi connectivity index (χ1) is 16.8. The third-order valence-electron chi connectivity index (χ3n) is 5.89. The van der Waals surface area contributed by atoms with Gasteiger partial charge in [-0.05, 0) is 67.8 Å². The molecule has 0 saturated carbocycles. The Morgan fingerprint density at radius 2 is 1.71 bits per heavy atom. The highest BCUT2D eigenvalue weighted by atomic mass is 32.2. The topological polar surface area (TPSA) is 84.9 Å². The standard InChI is InChI=1S/C27H30N2O5S/c1-4-21-8-10-22(11-9-21)33-16-15-28-27(30)26-18-29(24-14-7-20(3)17-25(24)34-26)35(31,32)23-12-5-19(2)6-13-23/h5-14,17,26H,4,15-16,18H2,1-3H3,(H,28,30). The molecule has 3 aromatic carbocycles. The first-order valence-electron chi connectivity index (χ1n) is 11.6. The number of carbonyl (C=O) groups is 1. The van der Waals surface area contributed by atoms with E-state index in [1.807, 2.05) is 44.2 Å². The molecule has 3 aromatic rings. The summed E-state index contributed by atoms with van der Waals surface area (Å²) >= 11 is 0. The summed E-state index contributed by atoms with van der Waals surface area (Å²) in [5.74, 6) is 0.690. The van der Waals surface area contributed by atoms with Gasteiger partial charge in [0.2, 0.25) is 0 Å². The third kappa shape index (κ3) is 5.59.